The molecule has 0 unspecified atom stereocenters. The molecule has 22 nitrogen and oxygen atoms in total. The number of thioether (sulfide) groups is 2. The number of carbonyl (C=O) groups excluding carboxylic acids is 8. The molecule has 10 N–H and O–H groups in total. The number of phenols is 1. The molecule has 0 aliphatic carbocycles. The Morgan fingerprint density at radius 3 is 1.96 bits per heavy atom. The third kappa shape index (κ3) is 18.9. The summed E-state index contributed by atoms with van der Waals surface area (Å²) in [5.74, 6) is -5.51. The van der Waals surface area contributed by atoms with E-state index in [1.165, 1.54) is 42.6 Å². The summed E-state index contributed by atoms with van der Waals surface area (Å²) in [5.41, 5.74) is 8.24. The minimum Gasteiger partial charge on any atom is -0.726 e. The second-order valence-corrected chi connectivity index (χ2v) is 20.2. The number of nitrogens with one attached hydrogen (secondary N) is 7. The number of phenolic OH excluding ortho intramolecular Hbond substituents is 1. The average Bonchev–Trinajstić information content (AvgIpc) is 3.96. The summed E-state index contributed by atoms with van der Waals surface area (Å²) in [4.78, 5) is 113. The van der Waals surface area contributed by atoms with Crippen molar-refractivity contribution in [3.8, 4) is 5.75 Å². The van der Waals surface area contributed by atoms with Gasteiger partial charge in [-0.25, -0.2) is 8.42 Å². The number of nitrogens with two attached hydrogens (primary N) is 1. The van der Waals surface area contributed by atoms with E-state index in [0.717, 1.165) is 15.8 Å². The summed E-state index contributed by atoms with van der Waals surface area (Å²) >= 11 is 2.73. The van der Waals surface area contributed by atoms with Crippen molar-refractivity contribution >= 4 is 92.1 Å². The molecule has 1 aliphatic rings. The molecular weight excluding hydrogens is 1030 g/mol. The molecule has 0 radical (unpaired) electrons. The Kier molecular flexibility index (Phi) is 24.2. The fourth-order valence-electron chi connectivity index (χ4n) is 8.20. The molecule has 74 heavy (non-hydrogen) atoms. The van der Waals surface area contributed by atoms with Crippen molar-refractivity contribution in [2.45, 2.75) is 87.8 Å². The maximum atomic E-state index is 14.6. The van der Waals surface area contributed by atoms with E-state index in [4.69, 9.17) is 9.92 Å². The van der Waals surface area contributed by atoms with Crippen LogP contribution in [0.1, 0.15) is 42.9 Å². The number of hydrogen-bond donors (Lipinski definition) is 9. The summed E-state index contributed by atoms with van der Waals surface area (Å²) in [6.07, 6.45) is 3.27. The van der Waals surface area contributed by atoms with Crippen LogP contribution in [0, 0.1) is 0 Å². The van der Waals surface area contributed by atoms with Crippen molar-refractivity contribution in [3.63, 3.8) is 0 Å². The third-order valence-corrected chi connectivity index (χ3v) is 13.6. The fourth-order valence-corrected chi connectivity index (χ4v) is 9.61. The SMILES string of the molecule is CSCC[C@H](NC(=O)[C@H](Cc1ccc(O)cc1)NC(C)=O)C(=O)NCC(=O)N[C@@H](Cc1c[nH]c2ccccc12)C(=O)N[C@@H](CCSC)C(=O)N1C[C@H](OS(=O)(=O)[O-])C[C@H]1C(=O)N[C@@H](Cc1ccccc1)C(N)=O.[Na+]. The number of rotatable bonds is 27. The molecule has 7 atom stereocenters. The topological polar surface area (TPSA) is 340 Å². The van der Waals surface area contributed by atoms with Crippen LogP contribution in [0.15, 0.2) is 85.1 Å². The van der Waals surface area contributed by atoms with Crippen LogP contribution in [-0.2, 0) is 72.2 Å². The fraction of sp³-hybridized carbons (Fsp3) is 0.417. The summed E-state index contributed by atoms with van der Waals surface area (Å²) in [6.45, 7) is 0.0108. The van der Waals surface area contributed by atoms with Crippen molar-refractivity contribution in [1.29, 1.82) is 0 Å². The first kappa shape index (κ1) is 60.9. The standard InChI is InChI=1S/C48H61N9O13S3.Na/c1-28(58)52-39(22-30-13-15-32(59)16-14-30)45(63)54-36(17-19-71-2)44(62)51-26-42(60)53-40(23-31-25-50-35-12-8-7-11-34(31)35)46(64)55-37(18-20-72-3)48(66)57-27-33(70-73(67,68)69)24-41(57)47(65)56-38(43(49)61)21-29-9-5-4-6-10-29;/h4-16,25,33,36-41,50,59H,17-24,26-27H2,1-3H3,(H2,49,61)(H,51,62)(H,52,58)(H,53,60)(H,54,63)(H,55,64)(H,56,65)(H,67,68,69);/q;+1/p-1/t33-,36+,37+,38+,39+,40+,41+;/m1./s1. The van der Waals surface area contributed by atoms with Gasteiger partial charge in [0.1, 0.15) is 42.0 Å². The number of benzene rings is 3. The number of amides is 8. The van der Waals surface area contributed by atoms with E-state index in [9.17, 15) is 56.4 Å². The molecule has 1 fully saturated rings. The number of aromatic nitrogens is 1. The Balaban J connectivity index is 0.0000119. The number of H-pyrrole nitrogens is 1. The number of fused-ring (bicyclic) bond motifs is 1. The van der Waals surface area contributed by atoms with E-state index in [1.54, 1.807) is 79.4 Å². The van der Waals surface area contributed by atoms with Gasteiger partial charge in [0.25, 0.3) is 0 Å². The quantitative estimate of drug-likeness (QED) is 0.0162. The van der Waals surface area contributed by atoms with Crippen LogP contribution in [0.2, 0.25) is 0 Å². The van der Waals surface area contributed by atoms with Crippen LogP contribution in [0.5, 0.6) is 5.75 Å². The number of likely N-dealkylation sites (tertiary alicyclic amines) is 1. The number of nitrogens with zero attached hydrogens (tertiary/aromatic N) is 1. The normalized spacial score (nSPS) is 16.3. The maximum absolute atomic E-state index is 14.6. The van der Waals surface area contributed by atoms with Gasteiger partial charge in [-0.1, -0.05) is 60.7 Å². The van der Waals surface area contributed by atoms with Gasteiger partial charge in [0.2, 0.25) is 57.7 Å². The van der Waals surface area contributed by atoms with E-state index < -0.39 is 120 Å². The van der Waals surface area contributed by atoms with Gasteiger partial charge >= 0.3 is 29.6 Å². The minimum absolute atomic E-state index is 0. The van der Waals surface area contributed by atoms with Crippen LogP contribution in [-0.4, -0.2) is 155 Å². The Morgan fingerprint density at radius 1 is 0.757 bits per heavy atom. The summed E-state index contributed by atoms with van der Waals surface area (Å²) in [6, 6.07) is 14.0. The number of primary amides is 1. The molecule has 0 saturated carbocycles. The first-order valence-corrected chi connectivity index (χ1v) is 27.2. The Morgan fingerprint density at radius 2 is 1.34 bits per heavy atom. The van der Waals surface area contributed by atoms with E-state index >= 15 is 0 Å². The van der Waals surface area contributed by atoms with Crippen molar-refractivity contribution in [1.82, 2.24) is 41.8 Å². The second kappa shape index (κ2) is 29.4. The molecule has 3 aromatic carbocycles. The molecule has 1 aromatic heterocycles. The number of para-hydroxylation sites is 1. The van der Waals surface area contributed by atoms with Gasteiger partial charge in [-0.2, -0.15) is 23.5 Å². The predicted octanol–water partition coefficient (Wildman–Crippen LogP) is -3.10. The van der Waals surface area contributed by atoms with Crippen LogP contribution in [0.4, 0.5) is 0 Å². The molecule has 8 amide bonds. The average molecular weight is 1090 g/mol. The van der Waals surface area contributed by atoms with Crippen molar-refractivity contribution in [2.75, 3.05) is 37.1 Å². The Bertz CT molecular complexity index is 2700. The van der Waals surface area contributed by atoms with Gasteiger partial charge in [0, 0.05) is 56.3 Å². The zero-order valence-corrected chi connectivity index (χ0v) is 45.7. The number of aromatic amines is 1. The van der Waals surface area contributed by atoms with E-state index in [1.807, 2.05) is 6.07 Å². The molecule has 0 bridgehead atoms. The zero-order valence-electron chi connectivity index (χ0n) is 41.3. The molecular formula is C48H60N9NaO13S3. The second-order valence-electron chi connectivity index (χ2n) is 17.2. The predicted molar refractivity (Wildman–Crippen MR) is 272 cm³/mol. The first-order chi connectivity index (χ1) is 34.7. The molecule has 4 aromatic rings. The molecule has 394 valence electrons. The summed E-state index contributed by atoms with van der Waals surface area (Å²) in [7, 11) is -5.32. The minimum atomic E-state index is -5.32. The largest absolute Gasteiger partial charge is 1.00 e. The van der Waals surface area contributed by atoms with Gasteiger partial charge < -0.3 is 57.2 Å². The molecule has 26 heteroatoms. The number of hydrogen-bond acceptors (Lipinski definition) is 15. The summed E-state index contributed by atoms with van der Waals surface area (Å²) < 4.78 is 39.9. The Hall–Kier alpha value is -5.67. The third-order valence-electron chi connectivity index (χ3n) is 11.8. The summed E-state index contributed by atoms with van der Waals surface area (Å²) in [5, 5.41) is 26.1. The van der Waals surface area contributed by atoms with E-state index in [-0.39, 0.29) is 67.4 Å². The molecule has 1 aliphatic heterocycles. The Labute approximate surface area is 459 Å². The van der Waals surface area contributed by atoms with Gasteiger partial charge in [-0.05, 0) is 71.7 Å². The van der Waals surface area contributed by atoms with Crippen LogP contribution in [0.3, 0.4) is 0 Å². The number of carbonyl (C=O) groups is 8. The maximum Gasteiger partial charge on any atom is 1.00 e. The first-order valence-electron chi connectivity index (χ1n) is 23.1. The molecule has 1 saturated heterocycles. The smallest absolute Gasteiger partial charge is 0.726 e. The van der Waals surface area contributed by atoms with Crippen LogP contribution >= 0.6 is 23.5 Å². The van der Waals surface area contributed by atoms with Gasteiger partial charge in [0.05, 0.1) is 12.6 Å². The van der Waals surface area contributed by atoms with Crippen molar-refractivity contribution in [3.05, 3.63) is 102 Å². The zero-order chi connectivity index (χ0) is 53.2. The van der Waals surface area contributed by atoms with Gasteiger partial charge in [-0.15, -0.1) is 0 Å². The van der Waals surface area contributed by atoms with Crippen LogP contribution in [0.25, 0.3) is 10.9 Å². The van der Waals surface area contributed by atoms with E-state index in [0.29, 0.717) is 28.2 Å². The molecule has 0 spiro atoms. The van der Waals surface area contributed by atoms with E-state index in [2.05, 4.69) is 36.9 Å². The van der Waals surface area contributed by atoms with Crippen molar-refractivity contribution < 1.29 is 90.2 Å². The number of aromatic hydroxyl groups is 1. The van der Waals surface area contributed by atoms with Gasteiger partial charge in [-0.3, -0.25) is 42.5 Å². The van der Waals surface area contributed by atoms with Crippen LogP contribution < -0.4 is 67.2 Å². The molecule has 5 rings (SSSR count). The van der Waals surface area contributed by atoms with Gasteiger partial charge in [0.15, 0.2) is 0 Å². The monoisotopic (exact) mass is 1090 g/mol. The van der Waals surface area contributed by atoms with Crippen molar-refractivity contribution in [2.24, 2.45) is 5.73 Å². The molecule has 2 heterocycles.